The Hall–Kier alpha value is -2.19. The predicted octanol–water partition coefficient (Wildman–Crippen LogP) is 3.01. The predicted molar refractivity (Wildman–Crippen MR) is 101 cm³/mol. The second kappa shape index (κ2) is 7.59. The van der Waals surface area contributed by atoms with Gasteiger partial charge in [0, 0.05) is 6.42 Å². The number of halogens is 1. The molecule has 1 aromatic carbocycles. The molecule has 0 bridgehead atoms. The monoisotopic (exact) mass is 394 g/mol. The molecule has 1 atom stereocenters. The Kier molecular flexibility index (Phi) is 5.43. The molecule has 3 rings (SSSR count). The molecule has 0 aliphatic heterocycles. The lowest BCUT2D eigenvalue weighted by Gasteiger charge is -2.11. The van der Waals surface area contributed by atoms with Crippen molar-refractivity contribution in [3.8, 4) is 17.1 Å². The number of aryl methyl sites for hydroxylation is 2. The number of imidazole rings is 1. The van der Waals surface area contributed by atoms with Crippen molar-refractivity contribution >= 4 is 26.2 Å². The van der Waals surface area contributed by atoms with E-state index in [1.54, 1.807) is 29.6 Å². The third-order valence-electron chi connectivity index (χ3n) is 3.91. The Labute approximate surface area is 157 Å². The molecule has 0 amide bonds. The topological polar surface area (TPSA) is 89.3 Å². The van der Waals surface area contributed by atoms with Gasteiger partial charge in [-0.15, -0.1) is 5.10 Å². The number of aromatic nitrogens is 4. The zero-order valence-corrected chi connectivity index (χ0v) is 16.3. The van der Waals surface area contributed by atoms with Crippen molar-refractivity contribution in [1.82, 2.24) is 19.6 Å². The van der Waals surface area contributed by atoms with Gasteiger partial charge < -0.3 is 9.72 Å². The Morgan fingerprint density at radius 1 is 1.35 bits per heavy atom. The van der Waals surface area contributed by atoms with Crippen LogP contribution in [-0.2, 0) is 16.4 Å². The number of benzene rings is 1. The van der Waals surface area contributed by atoms with E-state index < -0.39 is 10.0 Å². The van der Waals surface area contributed by atoms with Crippen LogP contribution in [0.15, 0.2) is 27.9 Å². The summed E-state index contributed by atoms with van der Waals surface area (Å²) in [5.74, 6) is 1.56. The van der Waals surface area contributed by atoms with E-state index in [0.29, 0.717) is 46.3 Å². The maximum absolute atomic E-state index is 12.6. The van der Waals surface area contributed by atoms with Crippen LogP contribution in [0.1, 0.15) is 31.8 Å². The van der Waals surface area contributed by atoms with E-state index in [9.17, 15) is 9.00 Å². The average Bonchev–Trinajstić information content (AvgIpc) is 2.92. The van der Waals surface area contributed by atoms with Crippen LogP contribution in [0.4, 0.5) is 0 Å². The number of hydrogen-bond acceptors (Lipinski definition) is 5. The molecule has 0 spiro atoms. The quantitative estimate of drug-likeness (QED) is 0.649. The molecule has 0 saturated carbocycles. The van der Waals surface area contributed by atoms with Crippen LogP contribution < -0.4 is 10.3 Å². The SMILES string of the molecule is CCCc1nc(C)c2c(=O)[nH]c(-c3cc(S(=O)Cl)ccc3OCC)nn12. The van der Waals surface area contributed by atoms with Gasteiger partial charge in [-0.3, -0.25) is 4.79 Å². The number of hydrogen-bond donors (Lipinski definition) is 1. The van der Waals surface area contributed by atoms with E-state index in [1.165, 1.54) is 0 Å². The first-order chi connectivity index (χ1) is 12.5. The van der Waals surface area contributed by atoms with E-state index in [4.69, 9.17) is 15.4 Å². The third-order valence-corrected chi connectivity index (χ3v) is 5.07. The Morgan fingerprint density at radius 2 is 2.12 bits per heavy atom. The van der Waals surface area contributed by atoms with Crippen LogP contribution in [0.3, 0.4) is 0 Å². The highest BCUT2D eigenvalue weighted by Gasteiger charge is 2.17. The summed E-state index contributed by atoms with van der Waals surface area (Å²) in [6, 6.07) is 4.91. The van der Waals surface area contributed by atoms with E-state index in [1.807, 2.05) is 13.8 Å². The Bertz CT molecular complexity index is 1040. The molecule has 0 aliphatic carbocycles. The van der Waals surface area contributed by atoms with Gasteiger partial charge in [0.2, 0.25) is 0 Å². The second-order valence-electron chi connectivity index (χ2n) is 5.74. The van der Waals surface area contributed by atoms with E-state index >= 15 is 0 Å². The molecule has 0 fully saturated rings. The largest absolute Gasteiger partial charge is 0.493 e. The summed E-state index contributed by atoms with van der Waals surface area (Å²) in [7, 11) is 4.03. The summed E-state index contributed by atoms with van der Waals surface area (Å²) >= 11 is 0. The molecule has 138 valence electrons. The van der Waals surface area contributed by atoms with Crippen LogP contribution in [0.25, 0.3) is 16.9 Å². The number of H-pyrrole nitrogens is 1. The van der Waals surface area contributed by atoms with Gasteiger partial charge in [-0.05, 0) is 49.1 Å². The van der Waals surface area contributed by atoms with Crippen molar-refractivity contribution in [2.45, 2.75) is 38.5 Å². The van der Waals surface area contributed by atoms with Crippen LogP contribution in [0.5, 0.6) is 5.75 Å². The van der Waals surface area contributed by atoms with Gasteiger partial charge in [-0.2, -0.15) is 0 Å². The van der Waals surface area contributed by atoms with Gasteiger partial charge >= 0.3 is 0 Å². The third kappa shape index (κ3) is 3.39. The molecule has 2 aromatic heterocycles. The maximum Gasteiger partial charge on any atom is 0.277 e. The van der Waals surface area contributed by atoms with E-state index in [-0.39, 0.29) is 5.56 Å². The molecule has 7 nitrogen and oxygen atoms in total. The number of fused-ring (bicyclic) bond motifs is 1. The van der Waals surface area contributed by atoms with Crippen molar-refractivity contribution < 1.29 is 8.95 Å². The number of nitrogens with zero attached hydrogens (tertiary/aromatic N) is 3. The fraction of sp³-hybridized carbons (Fsp3) is 0.353. The first-order valence-corrected chi connectivity index (χ1v) is 10.3. The molecule has 26 heavy (non-hydrogen) atoms. The van der Waals surface area contributed by atoms with E-state index in [2.05, 4.69) is 15.1 Å². The van der Waals surface area contributed by atoms with Gasteiger partial charge in [0.1, 0.15) is 21.6 Å². The van der Waals surface area contributed by atoms with Gasteiger partial charge in [-0.1, -0.05) is 6.92 Å². The van der Waals surface area contributed by atoms with Crippen molar-refractivity contribution in [3.63, 3.8) is 0 Å². The van der Waals surface area contributed by atoms with Crippen molar-refractivity contribution in [3.05, 3.63) is 40.1 Å². The molecule has 2 heterocycles. The second-order valence-corrected chi connectivity index (χ2v) is 7.50. The molecule has 9 heteroatoms. The number of nitrogens with one attached hydrogen (secondary N) is 1. The summed E-state index contributed by atoms with van der Waals surface area (Å²) in [5.41, 5.74) is 1.29. The lowest BCUT2D eigenvalue weighted by molar-refractivity contribution is 0.341. The highest BCUT2D eigenvalue weighted by Crippen LogP contribution is 2.30. The molecule has 1 N–H and O–H groups in total. The molecular formula is C17H19ClN4O3S. The summed E-state index contributed by atoms with van der Waals surface area (Å²) in [5, 5.41) is 4.57. The summed E-state index contributed by atoms with van der Waals surface area (Å²) < 4.78 is 18.9. The van der Waals surface area contributed by atoms with Crippen molar-refractivity contribution in [2.24, 2.45) is 0 Å². The summed E-state index contributed by atoms with van der Waals surface area (Å²) in [6.45, 7) is 6.12. The summed E-state index contributed by atoms with van der Waals surface area (Å²) in [4.78, 5) is 20.3. The normalized spacial score (nSPS) is 12.5. The van der Waals surface area contributed by atoms with Gasteiger partial charge in [0.15, 0.2) is 11.3 Å². The zero-order chi connectivity index (χ0) is 18.8. The van der Waals surface area contributed by atoms with Crippen molar-refractivity contribution in [2.75, 3.05) is 6.61 Å². The van der Waals surface area contributed by atoms with Crippen LogP contribution in [0.2, 0.25) is 0 Å². The zero-order valence-electron chi connectivity index (χ0n) is 14.7. The molecule has 3 aromatic rings. The van der Waals surface area contributed by atoms with Crippen LogP contribution in [0, 0.1) is 6.92 Å². The van der Waals surface area contributed by atoms with E-state index in [0.717, 1.165) is 12.2 Å². The highest BCUT2D eigenvalue weighted by atomic mass is 35.7. The molecular weight excluding hydrogens is 376 g/mol. The molecule has 0 saturated heterocycles. The lowest BCUT2D eigenvalue weighted by Crippen LogP contribution is -2.16. The Balaban J connectivity index is 2.28. The minimum atomic E-state index is -1.68. The molecule has 0 radical (unpaired) electrons. The first-order valence-electron chi connectivity index (χ1n) is 8.30. The molecule has 0 aliphatic rings. The minimum Gasteiger partial charge on any atom is -0.493 e. The Morgan fingerprint density at radius 3 is 2.77 bits per heavy atom. The maximum atomic E-state index is 12.6. The highest BCUT2D eigenvalue weighted by molar-refractivity contribution is 8.08. The lowest BCUT2D eigenvalue weighted by atomic mass is 10.2. The standard InChI is InChI=1S/C17H19ClN4O3S/c1-4-6-14-19-10(3)15-17(23)20-16(21-22(14)15)12-9-11(26(18)24)7-8-13(12)25-5-2/h7-9H,4-6H2,1-3H3,(H,20,21,23). The number of ether oxygens (including phenoxy) is 1. The van der Waals surface area contributed by atoms with Crippen LogP contribution >= 0.6 is 10.7 Å². The van der Waals surface area contributed by atoms with Gasteiger partial charge in [-0.25, -0.2) is 13.7 Å². The fourth-order valence-electron chi connectivity index (χ4n) is 2.82. The van der Waals surface area contributed by atoms with Gasteiger partial charge in [0.25, 0.3) is 5.56 Å². The first kappa shape index (κ1) is 18.6. The number of aromatic amines is 1. The fourth-order valence-corrected chi connectivity index (χ4v) is 3.49. The van der Waals surface area contributed by atoms with Crippen LogP contribution in [-0.4, -0.2) is 30.4 Å². The summed E-state index contributed by atoms with van der Waals surface area (Å²) in [6.07, 6.45) is 1.59. The van der Waals surface area contributed by atoms with Crippen molar-refractivity contribution in [1.29, 1.82) is 0 Å². The minimum absolute atomic E-state index is 0.290. The smallest absolute Gasteiger partial charge is 0.277 e. The average molecular weight is 395 g/mol. The molecule has 1 unspecified atom stereocenters. The van der Waals surface area contributed by atoms with Gasteiger partial charge in [0.05, 0.1) is 22.8 Å². The number of rotatable bonds is 6.